The lowest BCUT2D eigenvalue weighted by Crippen LogP contribution is -2.41. The smallest absolute Gasteiger partial charge is 0.253 e. The number of nitriles is 1. The molecular formula is C31H31N3O5. The molecule has 0 N–H and O–H groups in total. The van der Waals surface area contributed by atoms with Gasteiger partial charge in [0, 0.05) is 49.3 Å². The maximum atomic E-state index is 12.4. The van der Waals surface area contributed by atoms with Crippen LogP contribution in [0.25, 0.3) is 33.6 Å². The first-order chi connectivity index (χ1) is 18.8. The van der Waals surface area contributed by atoms with Crippen molar-refractivity contribution in [3.8, 4) is 40.0 Å². The molecule has 39 heavy (non-hydrogen) atoms. The van der Waals surface area contributed by atoms with Crippen LogP contribution >= 0.6 is 0 Å². The van der Waals surface area contributed by atoms with Gasteiger partial charge in [-0.1, -0.05) is 19.9 Å². The Morgan fingerprint density at radius 1 is 1.03 bits per heavy atom. The fraction of sp³-hybridized carbons (Fsp3) is 0.323. The normalized spacial score (nSPS) is 18.9. The van der Waals surface area contributed by atoms with E-state index < -0.39 is 0 Å². The number of hydrogen-bond donors (Lipinski definition) is 0. The van der Waals surface area contributed by atoms with Crippen LogP contribution in [0, 0.1) is 23.2 Å². The number of fused-ring (bicyclic) bond motifs is 1. The molecular weight excluding hydrogens is 494 g/mol. The van der Waals surface area contributed by atoms with Crippen LogP contribution in [0.5, 0.6) is 11.5 Å². The third-order valence-corrected chi connectivity index (χ3v) is 7.09. The number of hydrogen-bond acceptors (Lipinski definition) is 7. The minimum Gasteiger partial charge on any atom is -0.496 e. The van der Waals surface area contributed by atoms with Crippen molar-refractivity contribution < 1.29 is 23.4 Å². The van der Waals surface area contributed by atoms with E-state index in [1.54, 1.807) is 39.5 Å². The number of carbonyl (C=O) groups is 1. The lowest BCUT2D eigenvalue weighted by molar-refractivity contribution is -0.0551. The highest BCUT2D eigenvalue weighted by molar-refractivity contribution is 5.96. The Kier molecular flexibility index (Phi) is 7.27. The van der Waals surface area contributed by atoms with E-state index in [1.165, 1.54) is 4.90 Å². The summed E-state index contributed by atoms with van der Waals surface area (Å²) in [6.45, 7) is 5.49. The molecule has 2 aromatic heterocycles. The van der Waals surface area contributed by atoms with Crippen LogP contribution in [0.3, 0.4) is 0 Å². The number of furan rings is 1. The quantitative estimate of drug-likeness (QED) is 0.314. The highest BCUT2D eigenvalue weighted by Gasteiger charge is 2.31. The number of benzene rings is 2. The first-order valence-electron chi connectivity index (χ1n) is 12.9. The molecule has 3 atom stereocenters. The molecule has 1 amide bonds. The highest BCUT2D eigenvalue weighted by atomic mass is 16.5. The summed E-state index contributed by atoms with van der Waals surface area (Å²) in [5, 5.41) is 9.94. The number of methoxy groups -OCH3 is 1. The summed E-state index contributed by atoms with van der Waals surface area (Å²) in [4.78, 5) is 18.4. The second-order valence-corrected chi connectivity index (χ2v) is 10.2. The molecule has 200 valence electrons. The molecule has 0 aliphatic carbocycles. The van der Waals surface area contributed by atoms with Crippen molar-refractivity contribution in [1.29, 1.82) is 5.26 Å². The molecule has 8 heteroatoms. The van der Waals surface area contributed by atoms with Crippen molar-refractivity contribution >= 4 is 17.0 Å². The van der Waals surface area contributed by atoms with Crippen LogP contribution in [0.15, 0.2) is 59.1 Å². The second kappa shape index (κ2) is 10.8. The summed E-state index contributed by atoms with van der Waals surface area (Å²) in [5.41, 5.74) is 4.57. The van der Waals surface area contributed by atoms with Gasteiger partial charge in [-0.2, -0.15) is 5.26 Å². The molecule has 0 spiro atoms. The SMILES string of the molecule is COc1cc(C(=O)N(C)C)ccc1-c1cc2nccc(-c3ccc(OC4[C@H](C)COC[C@@H]4C)c(C#N)c3)c2o1. The molecule has 1 unspecified atom stereocenters. The van der Waals surface area contributed by atoms with Crippen LogP contribution in [-0.2, 0) is 4.74 Å². The molecule has 0 radical (unpaired) electrons. The number of amides is 1. The Labute approximate surface area is 227 Å². The Morgan fingerprint density at radius 3 is 2.49 bits per heavy atom. The maximum absolute atomic E-state index is 12.4. The number of ether oxygens (including phenoxy) is 3. The van der Waals surface area contributed by atoms with E-state index in [9.17, 15) is 10.1 Å². The fourth-order valence-electron chi connectivity index (χ4n) is 5.04. The molecule has 1 aliphatic rings. The zero-order chi connectivity index (χ0) is 27.7. The summed E-state index contributed by atoms with van der Waals surface area (Å²) in [7, 11) is 4.97. The van der Waals surface area contributed by atoms with E-state index in [0.29, 0.717) is 58.3 Å². The molecule has 4 aromatic rings. The van der Waals surface area contributed by atoms with Crippen molar-refractivity contribution in [1.82, 2.24) is 9.88 Å². The van der Waals surface area contributed by atoms with E-state index in [4.69, 9.17) is 18.6 Å². The predicted molar refractivity (Wildman–Crippen MR) is 148 cm³/mol. The molecule has 2 aromatic carbocycles. The fourth-order valence-corrected chi connectivity index (χ4v) is 5.04. The van der Waals surface area contributed by atoms with Crippen molar-refractivity contribution in [2.45, 2.75) is 20.0 Å². The van der Waals surface area contributed by atoms with E-state index in [0.717, 1.165) is 11.1 Å². The van der Waals surface area contributed by atoms with Crippen molar-refractivity contribution in [2.75, 3.05) is 34.4 Å². The van der Waals surface area contributed by atoms with Gasteiger partial charge < -0.3 is 23.5 Å². The summed E-state index contributed by atoms with van der Waals surface area (Å²) in [6, 6.07) is 16.9. The Hall–Kier alpha value is -4.35. The first-order valence-corrected chi connectivity index (χ1v) is 12.9. The van der Waals surface area contributed by atoms with Crippen LogP contribution in [0.1, 0.15) is 29.8 Å². The van der Waals surface area contributed by atoms with Gasteiger partial charge in [0.15, 0.2) is 5.58 Å². The summed E-state index contributed by atoms with van der Waals surface area (Å²) in [6.07, 6.45) is 1.70. The van der Waals surface area contributed by atoms with E-state index in [1.807, 2.05) is 36.4 Å². The maximum Gasteiger partial charge on any atom is 0.253 e. The zero-order valence-electron chi connectivity index (χ0n) is 22.7. The van der Waals surface area contributed by atoms with E-state index in [2.05, 4.69) is 24.9 Å². The highest BCUT2D eigenvalue weighted by Crippen LogP contribution is 2.39. The summed E-state index contributed by atoms with van der Waals surface area (Å²) in [5.74, 6) is 1.99. The summed E-state index contributed by atoms with van der Waals surface area (Å²) >= 11 is 0. The number of aromatic nitrogens is 1. The van der Waals surface area contributed by atoms with Gasteiger partial charge in [-0.15, -0.1) is 0 Å². The van der Waals surface area contributed by atoms with Gasteiger partial charge in [0.2, 0.25) is 0 Å². The summed E-state index contributed by atoms with van der Waals surface area (Å²) < 4.78 is 23.9. The molecule has 1 aliphatic heterocycles. The average Bonchev–Trinajstić information content (AvgIpc) is 3.38. The van der Waals surface area contributed by atoms with Gasteiger partial charge >= 0.3 is 0 Å². The van der Waals surface area contributed by atoms with Crippen molar-refractivity contribution in [3.05, 3.63) is 65.9 Å². The predicted octanol–water partition coefficient (Wildman–Crippen LogP) is 5.79. The monoisotopic (exact) mass is 525 g/mol. The number of carbonyl (C=O) groups excluding carboxylic acids is 1. The number of nitrogens with zero attached hydrogens (tertiary/aromatic N) is 3. The zero-order valence-corrected chi connectivity index (χ0v) is 22.7. The Balaban J connectivity index is 1.51. The Bertz CT molecular complexity index is 1560. The molecule has 1 saturated heterocycles. The minimum atomic E-state index is -0.116. The number of pyridine rings is 1. The van der Waals surface area contributed by atoms with Crippen LogP contribution in [0.4, 0.5) is 0 Å². The molecule has 5 rings (SSSR count). The van der Waals surface area contributed by atoms with Crippen molar-refractivity contribution in [2.24, 2.45) is 11.8 Å². The first kappa shape index (κ1) is 26.3. The van der Waals surface area contributed by atoms with Crippen molar-refractivity contribution in [3.63, 3.8) is 0 Å². The molecule has 0 saturated carbocycles. The third kappa shape index (κ3) is 5.06. The largest absolute Gasteiger partial charge is 0.496 e. The van der Waals surface area contributed by atoms with Gasteiger partial charge in [0.1, 0.15) is 34.9 Å². The van der Waals surface area contributed by atoms with Gasteiger partial charge in [-0.25, -0.2) is 0 Å². The van der Waals surface area contributed by atoms with Gasteiger partial charge in [0.05, 0.1) is 31.5 Å². The van der Waals surface area contributed by atoms with Gasteiger partial charge in [-0.05, 0) is 42.0 Å². The minimum absolute atomic E-state index is 0.0219. The topological polar surface area (TPSA) is 97.8 Å². The van der Waals surface area contributed by atoms with Crippen LogP contribution in [0.2, 0.25) is 0 Å². The van der Waals surface area contributed by atoms with E-state index >= 15 is 0 Å². The molecule has 8 nitrogen and oxygen atoms in total. The molecule has 3 heterocycles. The molecule has 0 bridgehead atoms. The van der Waals surface area contributed by atoms with Crippen LogP contribution in [-0.4, -0.2) is 56.3 Å². The Morgan fingerprint density at radius 2 is 1.79 bits per heavy atom. The number of rotatable bonds is 6. The average molecular weight is 526 g/mol. The van der Waals surface area contributed by atoms with Gasteiger partial charge in [0.25, 0.3) is 5.91 Å². The molecule has 1 fully saturated rings. The van der Waals surface area contributed by atoms with E-state index in [-0.39, 0.29) is 23.8 Å². The third-order valence-electron chi connectivity index (χ3n) is 7.09. The van der Waals surface area contributed by atoms with Gasteiger partial charge in [-0.3, -0.25) is 9.78 Å². The second-order valence-electron chi connectivity index (χ2n) is 10.2. The lowest BCUT2D eigenvalue weighted by atomic mass is 9.92. The lowest BCUT2D eigenvalue weighted by Gasteiger charge is -2.34. The van der Waals surface area contributed by atoms with Crippen LogP contribution < -0.4 is 9.47 Å². The standard InChI is InChI=1S/C31H31N3O5/c1-18-16-37-17-19(2)29(18)38-26-9-7-20(12-22(26)15-32)23-10-11-33-25-14-28(39-30(23)25)24-8-6-21(13-27(24)36-5)31(35)34(3)4/h6-14,18-19,29H,16-17H2,1-5H3/t18-,19+,29?.